The Labute approximate surface area is 178 Å². The van der Waals surface area contributed by atoms with Crippen LogP contribution in [-0.4, -0.2) is 24.8 Å². The molecule has 0 bridgehead atoms. The molecule has 2 aromatic carbocycles. The van der Waals surface area contributed by atoms with Crippen molar-refractivity contribution in [1.82, 2.24) is 24.8 Å². The highest BCUT2D eigenvalue weighted by Crippen LogP contribution is 2.33. The molecule has 5 rings (SSSR count). The van der Waals surface area contributed by atoms with Gasteiger partial charge in [0.05, 0.1) is 5.56 Å². The highest BCUT2D eigenvalue weighted by Gasteiger charge is 2.30. The van der Waals surface area contributed by atoms with Crippen LogP contribution in [0, 0.1) is 0 Å². The SMILES string of the molecule is FC(F)(F)c1ccc(-c2cc3nnc(Nc4cccc5cnccc45)n3nc2Cl)cc1. The van der Waals surface area contributed by atoms with Crippen LogP contribution < -0.4 is 5.32 Å². The molecule has 0 aliphatic rings. The Morgan fingerprint density at radius 3 is 2.55 bits per heavy atom. The molecule has 0 radical (unpaired) electrons. The highest BCUT2D eigenvalue weighted by molar-refractivity contribution is 6.32. The van der Waals surface area contributed by atoms with Gasteiger partial charge in [-0.15, -0.1) is 10.2 Å². The van der Waals surface area contributed by atoms with Crippen molar-refractivity contribution in [1.29, 1.82) is 0 Å². The minimum absolute atomic E-state index is 0.109. The van der Waals surface area contributed by atoms with Crippen molar-refractivity contribution in [3.63, 3.8) is 0 Å². The van der Waals surface area contributed by atoms with Crippen molar-refractivity contribution in [3.05, 3.63) is 77.7 Å². The van der Waals surface area contributed by atoms with Gasteiger partial charge in [-0.1, -0.05) is 35.9 Å². The summed E-state index contributed by atoms with van der Waals surface area (Å²) in [5.41, 5.74) is 1.40. The molecule has 0 spiro atoms. The summed E-state index contributed by atoms with van der Waals surface area (Å²) < 4.78 is 39.9. The standard InChI is InChI=1S/C21H12ClF3N6/c22-19-16(12-4-6-14(7-5-12)21(23,24)25)10-18-28-29-20(31(18)30-19)27-17-3-1-2-13-11-26-9-8-15(13)17/h1-11H,(H,27,29). The third-order valence-electron chi connectivity index (χ3n) is 4.80. The molecule has 0 amide bonds. The lowest BCUT2D eigenvalue weighted by Crippen LogP contribution is -2.04. The topological polar surface area (TPSA) is 68.0 Å². The molecule has 0 aliphatic heterocycles. The fraction of sp³-hybridized carbons (Fsp3) is 0.0476. The summed E-state index contributed by atoms with van der Waals surface area (Å²) in [6.45, 7) is 0. The molecule has 0 aliphatic carbocycles. The van der Waals surface area contributed by atoms with Gasteiger partial charge in [-0.05, 0) is 35.9 Å². The van der Waals surface area contributed by atoms with Gasteiger partial charge < -0.3 is 5.32 Å². The minimum Gasteiger partial charge on any atom is -0.322 e. The van der Waals surface area contributed by atoms with Crippen LogP contribution in [0.3, 0.4) is 0 Å². The number of nitrogens with zero attached hydrogens (tertiary/aromatic N) is 5. The summed E-state index contributed by atoms with van der Waals surface area (Å²) in [6.07, 6.45) is -0.954. The normalized spacial score (nSPS) is 11.9. The average Bonchev–Trinajstić information content (AvgIpc) is 3.14. The number of aromatic nitrogens is 5. The van der Waals surface area contributed by atoms with Gasteiger partial charge in [-0.2, -0.15) is 22.8 Å². The van der Waals surface area contributed by atoms with E-state index in [4.69, 9.17) is 11.6 Å². The van der Waals surface area contributed by atoms with E-state index in [1.807, 2.05) is 24.3 Å². The zero-order chi connectivity index (χ0) is 21.6. The number of hydrogen-bond acceptors (Lipinski definition) is 5. The Morgan fingerprint density at radius 2 is 1.77 bits per heavy atom. The van der Waals surface area contributed by atoms with Crippen molar-refractivity contribution in [2.45, 2.75) is 6.18 Å². The largest absolute Gasteiger partial charge is 0.416 e. The van der Waals surface area contributed by atoms with Crippen molar-refractivity contribution in [2.75, 3.05) is 5.32 Å². The molecule has 0 saturated carbocycles. The minimum atomic E-state index is -4.41. The molecular formula is C21H12ClF3N6. The quantitative estimate of drug-likeness (QED) is 0.386. The fourth-order valence-electron chi connectivity index (χ4n) is 3.28. The van der Waals surface area contributed by atoms with Crippen molar-refractivity contribution in [2.24, 2.45) is 0 Å². The Hall–Kier alpha value is -3.72. The predicted molar refractivity (Wildman–Crippen MR) is 111 cm³/mol. The van der Waals surface area contributed by atoms with Crippen LogP contribution in [0.1, 0.15) is 5.56 Å². The van der Waals surface area contributed by atoms with E-state index in [1.54, 1.807) is 18.5 Å². The van der Waals surface area contributed by atoms with Crippen molar-refractivity contribution < 1.29 is 13.2 Å². The van der Waals surface area contributed by atoms with E-state index in [0.29, 0.717) is 22.7 Å². The molecule has 154 valence electrons. The Kier molecular flexibility index (Phi) is 4.48. The number of benzene rings is 2. The maximum absolute atomic E-state index is 12.8. The lowest BCUT2D eigenvalue weighted by atomic mass is 10.1. The van der Waals surface area contributed by atoms with E-state index in [9.17, 15) is 13.2 Å². The van der Waals surface area contributed by atoms with Crippen LogP contribution in [0.2, 0.25) is 5.15 Å². The number of anilines is 2. The number of rotatable bonds is 3. The summed E-state index contributed by atoms with van der Waals surface area (Å²) in [7, 11) is 0. The average molecular weight is 441 g/mol. The fourth-order valence-corrected chi connectivity index (χ4v) is 3.52. The monoisotopic (exact) mass is 440 g/mol. The molecule has 3 aromatic heterocycles. The number of pyridine rings is 1. The summed E-state index contributed by atoms with van der Waals surface area (Å²) >= 11 is 6.35. The molecule has 3 heterocycles. The van der Waals surface area contributed by atoms with E-state index in [2.05, 4.69) is 25.6 Å². The molecule has 6 nitrogen and oxygen atoms in total. The molecule has 0 atom stereocenters. The second-order valence-corrected chi connectivity index (χ2v) is 7.10. The summed E-state index contributed by atoms with van der Waals surface area (Å²) in [5, 5.41) is 17.8. The van der Waals surface area contributed by atoms with E-state index < -0.39 is 11.7 Å². The molecule has 1 N–H and O–H groups in total. The number of nitrogens with one attached hydrogen (secondary N) is 1. The molecule has 0 fully saturated rings. The molecule has 0 saturated heterocycles. The van der Waals surface area contributed by atoms with Crippen molar-refractivity contribution in [3.8, 4) is 11.1 Å². The van der Waals surface area contributed by atoms with Crippen LogP contribution in [0.25, 0.3) is 27.5 Å². The predicted octanol–water partition coefficient (Wildman–Crippen LogP) is 5.76. The Morgan fingerprint density at radius 1 is 0.968 bits per heavy atom. The van der Waals surface area contributed by atoms with Gasteiger partial charge in [0.15, 0.2) is 10.8 Å². The van der Waals surface area contributed by atoms with Gasteiger partial charge in [-0.3, -0.25) is 4.98 Å². The molecule has 0 unspecified atom stereocenters. The number of fused-ring (bicyclic) bond motifs is 2. The van der Waals surface area contributed by atoms with E-state index in [1.165, 1.54) is 16.6 Å². The maximum atomic E-state index is 12.8. The number of halogens is 4. The van der Waals surface area contributed by atoms with Crippen LogP contribution in [-0.2, 0) is 6.18 Å². The first-order valence-corrected chi connectivity index (χ1v) is 9.47. The van der Waals surface area contributed by atoms with Gasteiger partial charge in [0, 0.05) is 34.4 Å². The smallest absolute Gasteiger partial charge is 0.322 e. The highest BCUT2D eigenvalue weighted by atomic mass is 35.5. The summed E-state index contributed by atoms with van der Waals surface area (Å²) in [5.74, 6) is 0.347. The number of alkyl halides is 3. The molecule has 10 heteroatoms. The van der Waals surface area contributed by atoms with E-state index in [0.717, 1.165) is 28.6 Å². The zero-order valence-electron chi connectivity index (χ0n) is 15.6. The molecule has 31 heavy (non-hydrogen) atoms. The van der Waals surface area contributed by atoms with Gasteiger partial charge in [0.1, 0.15) is 0 Å². The van der Waals surface area contributed by atoms with E-state index >= 15 is 0 Å². The third-order valence-corrected chi connectivity index (χ3v) is 5.08. The van der Waals surface area contributed by atoms with Crippen LogP contribution in [0.4, 0.5) is 24.8 Å². The van der Waals surface area contributed by atoms with Crippen LogP contribution in [0.5, 0.6) is 0 Å². The first-order chi connectivity index (χ1) is 14.9. The molecule has 5 aromatic rings. The maximum Gasteiger partial charge on any atom is 0.416 e. The summed E-state index contributed by atoms with van der Waals surface area (Å²) in [6, 6.07) is 13.9. The first kappa shape index (κ1) is 19.3. The zero-order valence-corrected chi connectivity index (χ0v) is 16.4. The third kappa shape index (κ3) is 3.53. The molecular weight excluding hydrogens is 429 g/mol. The van der Waals surface area contributed by atoms with Crippen LogP contribution in [0.15, 0.2) is 67.0 Å². The second-order valence-electron chi connectivity index (χ2n) is 6.74. The first-order valence-electron chi connectivity index (χ1n) is 9.09. The van der Waals surface area contributed by atoms with Gasteiger partial charge in [0.2, 0.25) is 0 Å². The lowest BCUT2D eigenvalue weighted by molar-refractivity contribution is -0.137. The van der Waals surface area contributed by atoms with Gasteiger partial charge in [-0.25, -0.2) is 0 Å². The lowest BCUT2D eigenvalue weighted by Gasteiger charge is -2.10. The van der Waals surface area contributed by atoms with Crippen LogP contribution >= 0.6 is 11.6 Å². The summed E-state index contributed by atoms with van der Waals surface area (Å²) in [4.78, 5) is 4.12. The van der Waals surface area contributed by atoms with Gasteiger partial charge >= 0.3 is 6.18 Å². The van der Waals surface area contributed by atoms with E-state index in [-0.39, 0.29) is 5.15 Å². The van der Waals surface area contributed by atoms with Gasteiger partial charge in [0.25, 0.3) is 5.95 Å². The Balaban J connectivity index is 1.53. The Bertz CT molecular complexity index is 1410. The van der Waals surface area contributed by atoms with Crippen molar-refractivity contribution >= 4 is 39.7 Å². The second kappa shape index (κ2) is 7.21. The number of hydrogen-bond donors (Lipinski definition) is 1.